The molecule has 2 aromatic carbocycles. The average Bonchev–Trinajstić information content (AvgIpc) is 2.42. The number of halogens is 5. The van der Waals surface area contributed by atoms with Crippen LogP contribution in [-0.4, -0.2) is 6.54 Å². The smallest absolute Gasteiger partial charge is 0.148 e. The van der Waals surface area contributed by atoms with Crippen molar-refractivity contribution in [3.05, 3.63) is 67.1 Å². The molecule has 0 aliphatic rings. The van der Waals surface area contributed by atoms with Crippen molar-refractivity contribution < 1.29 is 8.78 Å². The van der Waals surface area contributed by atoms with Crippen LogP contribution in [0.2, 0.25) is 5.02 Å². The van der Waals surface area contributed by atoms with E-state index in [0.717, 1.165) is 0 Å². The fourth-order valence-electron chi connectivity index (χ4n) is 2.12. The molecule has 1 nitrogen and oxygen atoms in total. The Kier molecular flexibility index (Phi) is 5.77. The lowest BCUT2D eigenvalue weighted by atomic mass is 9.98. The Morgan fingerprint density at radius 2 is 1.90 bits per heavy atom. The van der Waals surface area contributed by atoms with Gasteiger partial charge in [0.1, 0.15) is 11.6 Å². The van der Waals surface area contributed by atoms with Crippen molar-refractivity contribution in [2.45, 2.75) is 13.0 Å². The van der Waals surface area contributed by atoms with Gasteiger partial charge in [-0.1, -0.05) is 40.5 Å². The van der Waals surface area contributed by atoms with Gasteiger partial charge in [0.25, 0.3) is 0 Å². The van der Waals surface area contributed by atoms with Crippen LogP contribution in [0.5, 0.6) is 0 Å². The molecule has 21 heavy (non-hydrogen) atoms. The van der Waals surface area contributed by atoms with Crippen LogP contribution in [-0.2, 0) is 0 Å². The molecule has 1 N–H and O–H groups in total. The lowest BCUT2D eigenvalue weighted by molar-refractivity contribution is 0.554. The van der Waals surface area contributed by atoms with Crippen LogP contribution in [0.4, 0.5) is 8.78 Å². The number of rotatable bonds is 4. The van der Waals surface area contributed by atoms with Gasteiger partial charge in [0.05, 0.1) is 11.1 Å². The summed E-state index contributed by atoms with van der Waals surface area (Å²) in [5, 5.41) is 3.18. The van der Waals surface area contributed by atoms with Gasteiger partial charge < -0.3 is 5.32 Å². The molecule has 0 heterocycles. The monoisotopic (exact) mass is 437 g/mol. The average molecular weight is 440 g/mol. The highest BCUT2D eigenvalue weighted by molar-refractivity contribution is 9.10. The van der Waals surface area contributed by atoms with Crippen LogP contribution in [0.1, 0.15) is 24.1 Å². The summed E-state index contributed by atoms with van der Waals surface area (Å²) < 4.78 is 29.1. The summed E-state index contributed by atoms with van der Waals surface area (Å²) in [5.74, 6) is -0.900. The summed E-state index contributed by atoms with van der Waals surface area (Å²) in [6, 6.07) is 7.33. The molecular weight excluding hydrogens is 427 g/mol. The van der Waals surface area contributed by atoms with Crippen LogP contribution >= 0.6 is 43.5 Å². The van der Waals surface area contributed by atoms with Gasteiger partial charge in [0.15, 0.2) is 0 Å². The lowest BCUT2D eigenvalue weighted by Crippen LogP contribution is -2.23. The molecule has 0 amide bonds. The summed E-state index contributed by atoms with van der Waals surface area (Å²) in [5.41, 5.74) is 1.00. The molecule has 0 radical (unpaired) electrons. The maximum atomic E-state index is 14.4. The minimum absolute atomic E-state index is 0.0193. The van der Waals surface area contributed by atoms with E-state index in [-0.39, 0.29) is 10.8 Å². The van der Waals surface area contributed by atoms with E-state index in [1.54, 1.807) is 18.2 Å². The number of hydrogen-bond donors (Lipinski definition) is 1. The number of nitrogens with one attached hydrogen (secondary N) is 1. The standard InChI is InChI=1S/C15H12Br2ClF2N/c1-2-21-15(8-5-9(16)7-10(19)6-8)11-3-4-12(17)13(18)14(11)20/h3-7,15,21H,2H2,1H3. The first kappa shape index (κ1) is 16.9. The van der Waals surface area contributed by atoms with Crippen molar-refractivity contribution >= 4 is 43.5 Å². The zero-order valence-corrected chi connectivity index (χ0v) is 15.0. The van der Waals surface area contributed by atoms with E-state index in [1.807, 2.05) is 6.92 Å². The first-order chi connectivity index (χ1) is 9.93. The first-order valence-corrected chi connectivity index (χ1v) is 8.23. The zero-order chi connectivity index (χ0) is 15.6. The Morgan fingerprint density at radius 1 is 1.19 bits per heavy atom. The molecular formula is C15H12Br2ClF2N. The summed E-state index contributed by atoms with van der Waals surface area (Å²) in [6.45, 7) is 2.51. The van der Waals surface area contributed by atoms with Crippen LogP contribution in [0.15, 0.2) is 39.3 Å². The molecule has 0 fully saturated rings. The van der Waals surface area contributed by atoms with E-state index in [4.69, 9.17) is 11.6 Å². The highest BCUT2D eigenvalue weighted by Crippen LogP contribution is 2.33. The van der Waals surface area contributed by atoms with Gasteiger partial charge in [-0.25, -0.2) is 8.78 Å². The maximum Gasteiger partial charge on any atom is 0.148 e. The van der Waals surface area contributed by atoms with Gasteiger partial charge in [-0.05, 0) is 52.3 Å². The molecule has 0 bridgehead atoms. The second-order valence-corrected chi connectivity index (χ2v) is 6.61. The highest BCUT2D eigenvalue weighted by atomic mass is 79.9. The fourth-order valence-corrected chi connectivity index (χ4v) is 3.08. The van der Waals surface area contributed by atoms with Gasteiger partial charge >= 0.3 is 0 Å². The Morgan fingerprint density at radius 3 is 2.52 bits per heavy atom. The van der Waals surface area contributed by atoms with E-state index in [0.29, 0.717) is 26.6 Å². The van der Waals surface area contributed by atoms with Crippen LogP contribution in [0, 0.1) is 11.6 Å². The molecule has 0 saturated carbocycles. The number of benzene rings is 2. The molecule has 0 saturated heterocycles. The second-order valence-electron chi connectivity index (χ2n) is 4.46. The van der Waals surface area contributed by atoms with Crippen molar-refractivity contribution in [1.82, 2.24) is 5.32 Å². The van der Waals surface area contributed by atoms with Crippen molar-refractivity contribution in [3.63, 3.8) is 0 Å². The van der Waals surface area contributed by atoms with Gasteiger partial charge in [0.2, 0.25) is 0 Å². The minimum atomic E-state index is -0.516. The zero-order valence-electron chi connectivity index (χ0n) is 11.1. The minimum Gasteiger partial charge on any atom is -0.306 e. The van der Waals surface area contributed by atoms with Gasteiger partial charge in [-0.2, -0.15) is 0 Å². The van der Waals surface area contributed by atoms with E-state index < -0.39 is 11.9 Å². The summed E-state index contributed by atoms with van der Waals surface area (Å²) in [4.78, 5) is 0. The molecule has 2 rings (SSSR count). The Balaban J connectivity index is 2.56. The SMILES string of the molecule is CCNC(c1cc(F)cc(Br)c1)c1ccc(Br)c(Cl)c1F. The van der Waals surface area contributed by atoms with E-state index in [9.17, 15) is 8.78 Å². The molecule has 0 aliphatic carbocycles. The number of hydrogen-bond acceptors (Lipinski definition) is 1. The van der Waals surface area contributed by atoms with Crippen LogP contribution < -0.4 is 5.32 Å². The third-order valence-electron chi connectivity index (χ3n) is 3.00. The quantitative estimate of drug-likeness (QED) is 0.590. The van der Waals surface area contributed by atoms with Gasteiger partial charge in [0, 0.05) is 14.5 Å². The normalized spacial score (nSPS) is 12.5. The van der Waals surface area contributed by atoms with E-state index >= 15 is 0 Å². The summed E-state index contributed by atoms with van der Waals surface area (Å²) in [7, 11) is 0. The van der Waals surface area contributed by atoms with Crippen molar-refractivity contribution in [2.24, 2.45) is 0 Å². The van der Waals surface area contributed by atoms with Crippen molar-refractivity contribution in [3.8, 4) is 0 Å². The van der Waals surface area contributed by atoms with E-state index in [2.05, 4.69) is 37.2 Å². The molecule has 6 heteroatoms. The summed E-state index contributed by atoms with van der Waals surface area (Å²) in [6.07, 6.45) is 0. The third kappa shape index (κ3) is 3.83. The molecule has 1 atom stereocenters. The largest absolute Gasteiger partial charge is 0.306 e. The predicted molar refractivity (Wildman–Crippen MR) is 88.7 cm³/mol. The highest BCUT2D eigenvalue weighted by Gasteiger charge is 2.21. The molecule has 2 aromatic rings. The molecule has 0 aromatic heterocycles. The van der Waals surface area contributed by atoms with Gasteiger partial charge in [-0.15, -0.1) is 0 Å². The molecule has 112 valence electrons. The van der Waals surface area contributed by atoms with Gasteiger partial charge in [-0.3, -0.25) is 0 Å². The van der Waals surface area contributed by atoms with Crippen LogP contribution in [0.25, 0.3) is 0 Å². The van der Waals surface area contributed by atoms with Crippen molar-refractivity contribution in [1.29, 1.82) is 0 Å². The third-order valence-corrected chi connectivity index (χ3v) is 4.72. The fraction of sp³-hybridized carbons (Fsp3) is 0.200. The first-order valence-electron chi connectivity index (χ1n) is 6.26. The molecule has 0 aliphatic heterocycles. The molecule has 1 unspecified atom stereocenters. The lowest BCUT2D eigenvalue weighted by Gasteiger charge is -2.20. The second kappa shape index (κ2) is 7.18. The Bertz CT molecular complexity index is 644. The summed E-state index contributed by atoms with van der Waals surface area (Å²) >= 11 is 12.4. The Hall–Kier alpha value is -0.490. The molecule has 0 spiro atoms. The predicted octanol–water partition coefficient (Wildman–Crippen LogP) is 5.84. The van der Waals surface area contributed by atoms with Crippen molar-refractivity contribution in [2.75, 3.05) is 6.54 Å². The van der Waals surface area contributed by atoms with E-state index in [1.165, 1.54) is 12.1 Å². The van der Waals surface area contributed by atoms with Crippen LogP contribution in [0.3, 0.4) is 0 Å². The Labute approximate surface area is 144 Å². The maximum absolute atomic E-state index is 14.4. The topological polar surface area (TPSA) is 12.0 Å².